The number of halogens is 1. The van der Waals surface area contributed by atoms with Gasteiger partial charge in [-0.3, -0.25) is 4.68 Å². The van der Waals surface area contributed by atoms with Crippen LogP contribution < -0.4 is 4.74 Å². The molecule has 0 atom stereocenters. The highest BCUT2D eigenvalue weighted by Crippen LogP contribution is 2.26. The lowest BCUT2D eigenvalue weighted by Gasteiger charge is -2.08. The van der Waals surface area contributed by atoms with E-state index < -0.39 is 5.82 Å². The number of hydrogen-bond acceptors (Lipinski definition) is 3. The maximum absolute atomic E-state index is 13.0. The van der Waals surface area contributed by atoms with Crippen molar-refractivity contribution in [3.63, 3.8) is 0 Å². The Morgan fingerprint density at radius 1 is 1.44 bits per heavy atom. The molecule has 1 heterocycles. The van der Waals surface area contributed by atoms with Gasteiger partial charge in [-0.2, -0.15) is 5.10 Å². The normalized spacial score (nSPS) is 10.9. The fourth-order valence-corrected chi connectivity index (χ4v) is 1.55. The van der Waals surface area contributed by atoms with E-state index in [0.29, 0.717) is 17.1 Å². The molecule has 0 amide bonds. The topological polar surface area (TPSA) is 47.3 Å². The fraction of sp³-hybridized carbons (Fsp3) is 0.308. The van der Waals surface area contributed by atoms with E-state index in [1.54, 1.807) is 17.1 Å². The Hall–Kier alpha value is -1.88. The van der Waals surface area contributed by atoms with Crippen molar-refractivity contribution in [1.82, 2.24) is 9.78 Å². The van der Waals surface area contributed by atoms with Crippen LogP contribution in [0, 0.1) is 5.82 Å². The van der Waals surface area contributed by atoms with E-state index in [1.807, 2.05) is 13.8 Å². The summed E-state index contributed by atoms with van der Waals surface area (Å²) in [5, 5.41) is 13.3. The largest absolute Gasteiger partial charge is 0.454 e. The summed E-state index contributed by atoms with van der Waals surface area (Å²) < 4.78 is 20.3. The van der Waals surface area contributed by atoms with Crippen molar-refractivity contribution < 1.29 is 14.2 Å². The number of aromatic nitrogens is 2. The summed E-state index contributed by atoms with van der Waals surface area (Å²) in [5.41, 5.74) is 0.410. The third-order valence-electron chi connectivity index (χ3n) is 2.53. The highest BCUT2D eigenvalue weighted by molar-refractivity contribution is 5.36. The summed E-state index contributed by atoms with van der Waals surface area (Å²) in [6, 6.07) is 4.28. The number of rotatable bonds is 4. The van der Waals surface area contributed by atoms with Crippen LogP contribution in [0.1, 0.15) is 25.5 Å². The first kappa shape index (κ1) is 12.6. The van der Waals surface area contributed by atoms with Crippen molar-refractivity contribution in [1.29, 1.82) is 0 Å². The molecule has 0 saturated heterocycles. The average Bonchev–Trinajstić information content (AvgIpc) is 2.80. The molecule has 5 heteroatoms. The molecule has 0 fully saturated rings. The minimum absolute atomic E-state index is 0.243. The Kier molecular flexibility index (Phi) is 3.62. The van der Waals surface area contributed by atoms with E-state index in [4.69, 9.17) is 9.84 Å². The number of benzene rings is 1. The third-order valence-corrected chi connectivity index (χ3v) is 2.53. The van der Waals surface area contributed by atoms with Crippen LogP contribution in [-0.4, -0.2) is 14.9 Å². The molecule has 1 aromatic heterocycles. The third kappa shape index (κ3) is 2.68. The van der Waals surface area contributed by atoms with Crippen molar-refractivity contribution in [3.8, 4) is 11.5 Å². The van der Waals surface area contributed by atoms with Crippen LogP contribution in [0.4, 0.5) is 4.39 Å². The maximum atomic E-state index is 13.0. The minimum Gasteiger partial charge on any atom is -0.454 e. The highest BCUT2D eigenvalue weighted by Gasteiger charge is 2.08. The number of aliphatic hydroxyl groups excluding tert-OH is 1. The summed E-state index contributed by atoms with van der Waals surface area (Å²) in [7, 11) is 0. The second-order valence-electron chi connectivity index (χ2n) is 4.26. The Morgan fingerprint density at radius 2 is 2.22 bits per heavy atom. The molecule has 0 aliphatic heterocycles. The van der Waals surface area contributed by atoms with Gasteiger partial charge in [0.25, 0.3) is 0 Å². The van der Waals surface area contributed by atoms with E-state index in [1.165, 1.54) is 18.2 Å². The van der Waals surface area contributed by atoms with E-state index in [9.17, 15) is 4.39 Å². The predicted octanol–water partition coefficient (Wildman–Crippen LogP) is 2.89. The SMILES string of the molecule is CC(C)n1cc(Oc2ccc(F)cc2CO)cn1. The maximum Gasteiger partial charge on any atom is 0.165 e. The van der Waals surface area contributed by atoms with Crippen molar-refractivity contribution in [3.05, 3.63) is 42.0 Å². The Bertz CT molecular complexity index is 538. The van der Waals surface area contributed by atoms with Gasteiger partial charge in [-0.1, -0.05) is 0 Å². The van der Waals surface area contributed by atoms with Crippen LogP contribution >= 0.6 is 0 Å². The van der Waals surface area contributed by atoms with Crippen molar-refractivity contribution in [2.75, 3.05) is 0 Å². The molecule has 2 aromatic rings. The van der Waals surface area contributed by atoms with E-state index in [2.05, 4.69) is 5.10 Å². The van der Waals surface area contributed by atoms with Crippen LogP contribution in [0.2, 0.25) is 0 Å². The molecule has 0 unspecified atom stereocenters. The second kappa shape index (κ2) is 5.18. The van der Waals surface area contributed by atoms with E-state index >= 15 is 0 Å². The van der Waals surface area contributed by atoms with Gasteiger partial charge in [0, 0.05) is 11.6 Å². The first-order chi connectivity index (χ1) is 8.60. The molecular weight excluding hydrogens is 235 g/mol. The van der Waals surface area contributed by atoms with E-state index in [0.717, 1.165) is 0 Å². The van der Waals surface area contributed by atoms with Gasteiger partial charge in [0.2, 0.25) is 0 Å². The van der Waals surface area contributed by atoms with E-state index in [-0.39, 0.29) is 12.6 Å². The number of aliphatic hydroxyl groups is 1. The quantitative estimate of drug-likeness (QED) is 0.907. The fourth-order valence-electron chi connectivity index (χ4n) is 1.55. The average molecular weight is 250 g/mol. The van der Waals surface area contributed by atoms with Crippen LogP contribution in [-0.2, 0) is 6.61 Å². The molecule has 0 bridgehead atoms. The molecule has 1 N–H and O–H groups in total. The zero-order valence-corrected chi connectivity index (χ0v) is 10.3. The monoisotopic (exact) mass is 250 g/mol. The summed E-state index contributed by atoms with van der Waals surface area (Å²) in [4.78, 5) is 0. The lowest BCUT2D eigenvalue weighted by molar-refractivity contribution is 0.275. The Balaban J connectivity index is 2.22. The van der Waals surface area contributed by atoms with Crippen LogP contribution in [0.3, 0.4) is 0 Å². The molecule has 0 aliphatic carbocycles. The van der Waals surface area contributed by atoms with Gasteiger partial charge in [-0.25, -0.2) is 4.39 Å². The molecule has 1 aromatic carbocycles. The summed E-state index contributed by atoms with van der Waals surface area (Å²) in [6.45, 7) is 3.74. The minimum atomic E-state index is -0.399. The molecule has 96 valence electrons. The van der Waals surface area contributed by atoms with Gasteiger partial charge < -0.3 is 9.84 Å². The molecule has 0 spiro atoms. The number of hydrogen-bond donors (Lipinski definition) is 1. The molecule has 0 aliphatic rings. The van der Waals surface area contributed by atoms with Gasteiger partial charge >= 0.3 is 0 Å². The molecule has 0 saturated carbocycles. The molecule has 0 radical (unpaired) electrons. The highest BCUT2D eigenvalue weighted by atomic mass is 19.1. The van der Waals surface area contributed by atoms with Crippen LogP contribution in [0.25, 0.3) is 0 Å². The summed E-state index contributed by atoms with van der Waals surface area (Å²) in [5.74, 6) is 0.594. The lowest BCUT2D eigenvalue weighted by Crippen LogP contribution is -1.99. The van der Waals surface area contributed by atoms with Crippen molar-refractivity contribution >= 4 is 0 Å². The van der Waals surface area contributed by atoms with Crippen molar-refractivity contribution in [2.24, 2.45) is 0 Å². The zero-order valence-electron chi connectivity index (χ0n) is 10.3. The Morgan fingerprint density at radius 3 is 2.83 bits per heavy atom. The number of nitrogens with zero attached hydrogens (tertiary/aromatic N) is 2. The molecular formula is C13H15FN2O2. The Labute approximate surface area is 105 Å². The summed E-state index contributed by atoms with van der Waals surface area (Å²) >= 11 is 0. The zero-order chi connectivity index (χ0) is 13.1. The van der Waals surface area contributed by atoms with Crippen molar-refractivity contribution in [2.45, 2.75) is 26.5 Å². The van der Waals surface area contributed by atoms with Gasteiger partial charge in [-0.05, 0) is 32.0 Å². The lowest BCUT2D eigenvalue weighted by atomic mass is 10.2. The second-order valence-corrected chi connectivity index (χ2v) is 4.26. The standard InChI is InChI=1S/C13H15FN2O2/c1-9(2)16-7-12(6-15-16)18-13-4-3-11(14)5-10(13)8-17/h3-7,9,17H,8H2,1-2H3. The van der Waals surface area contributed by atoms with Gasteiger partial charge in [0.15, 0.2) is 5.75 Å². The van der Waals surface area contributed by atoms with Crippen LogP contribution in [0.5, 0.6) is 11.5 Å². The first-order valence-corrected chi connectivity index (χ1v) is 5.71. The molecule has 18 heavy (non-hydrogen) atoms. The van der Waals surface area contributed by atoms with Gasteiger partial charge in [0.1, 0.15) is 11.6 Å². The van der Waals surface area contributed by atoms with Crippen LogP contribution in [0.15, 0.2) is 30.6 Å². The molecule has 4 nitrogen and oxygen atoms in total. The number of ether oxygens (including phenoxy) is 1. The predicted molar refractivity (Wildman–Crippen MR) is 65.0 cm³/mol. The smallest absolute Gasteiger partial charge is 0.165 e. The van der Waals surface area contributed by atoms with Gasteiger partial charge in [-0.15, -0.1) is 0 Å². The molecule has 2 rings (SSSR count). The summed E-state index contributed by atoms with van der Waals surface area (Å²) in [6.07, 6.45) is 3.35. The van der Waals surface area contributed by atoms with Gasteiger partial charge in [0.05, 0.1) is 19.0 Å². The first-order valence-electron chi connectivity index (χ1n) is 5.71.